The zero-order chi connectivity index (χ0) is 12.4. The van der Waals surface area contributed by atoms with Crippen LogP contribution in [0.4, 0.5) is 8.78 Å². The molecule has 0 atom stereocenters. The Hall–Kier alpha value is -1.46. The second kappa shape index (κ2) is 4.81. The fourth-order valence-electron chi connectivity index (χ4n) is 1.48. The lowest BCUT2D eigenvalue weighted by molar-refractivity contribution is 0.509. The molecule has 0 aliphatic rings. The molecule has 0 radical (unpaired) electrons. The molecule has 0 fully saturated rings. The monoisotopic (exact) mass is 257 g/mol. The summed E-state index contributed by atoms with van der Waals surface area (Å²) in [5.74, 6) is -1.18. The normalized spacial score (nSPS) is 10.8. The van der Waals surface area contributed by atoms with Gasteiger partial charge < -0.3 is 10.3 Å². The van der Waals surface area contributed by atoms with Crippen molar-refractivity contribution in [2.24, 2.45) is 0 Å². The molecule has 1 heterocycles. The van der Waals surface area contributed by atoms with E-state index in [9.17, 15) is 8.78 Å². The minimum Gasteiger partial charge on any atom is -0.331 e. The molecule has 6 heteroatoms. The minimum atomic E-state index is -0.920. The van der Waals surface area contributed by atoms with Gasteiger partial charge in [0.1, 0.15) is 16.7 Å². The van der Waals surface area contributed by atoms with Gasteiger partial charge >= 0.3 is 0 Å². The van der Waals surface area contributed by atoms with E-state index < -0.39 is 11.6 Å². The Kier molecular flexibility index (Phi) is 3.40. The van der Waals surface area contributed by atoms with Crippen LogP contribution >= 0.6 is 11.6 Å². The molecule has 2 aromatic rings. The molecule has 0 amide bonds. The quantitative estimate of drug-likeness (QED) is 0.888. The maximum Gasteiger partial charge on any atom is 0.159 e. The molecule has 2 rings (SSSR count). The smallest absolute Gasteiger partial charge is 0.159 e. The summed E-state index contributed by atoms with van der Waals surface area (Å²) in [5.41, 5.74) is 0.850. The molecule has 0 aliphatic carbocycles. The van der Waals surface area contributed by atoms with E-state index in [0.717, 1.165) is 12.1 Å². The highest BCUT2D eigenvalue weighted by Gasteiger charge is 2.12. The van der Waals surface area contributed by atoms with Crippen molar-refractivity contribution in [1.82, 2.24) is 15.3 Å². The van der Waals surface area contributed by atoms with Crippen LogP contribution in [0.15, 0.2) is 18.2 Å². The van der Waals surface area contributed by atoms with E-state index >= 15 is 0 Å². The van der Waals surface area contributed by atoms with Crippen LogP contribution in [0.5, 0.6) is 0 Å². The number of rotatable bonds is 3. The molecule has 0 saturated heterocycles. The molecule has 17 heavy (non-hydrogen) atoms. The van der Waals surface area contributed by atoms with Crippen LogP contribution in [0.1, 0.15) is 5.82 Å². The highest BCUT2D eigenvalue weighted by Crippen LogP contribution is 2.26. The average Bonchev–Trinajstić information content (AvgIpc) is 2.64. The Bertz CT molecular complexity index is 540. The van der Waals surface area contributed by atoms with Gasteiger partial charge in [-0.2, -0.15) is 0 Å². The summed E-state index contributed by atoms with van der Waals surface area (Å²) in [5, 5.41) is 3.22. The molecule has 0 aliphatic heterocycles. The summed E-state index contributed by atoms with van der Waals surface area (Å²) in [6.45, 7) is 0.517. The molecule has 3 nitrogen and oxygen atoms in total. The van der Waals surface area contributed by atoms with Gasteiger partial charge in [0.2, 0.25) is 0 Å². The Morgan fingerprint density at radius 1 is 1.35 bits per heavy atom. The van der Waals surface area contributed by atoms with Gasteiger partial charge in [-0.05, 0) is 25.2 Å². The Morgan fingerprint density at radius 2 is 2.12 bits per heavy atom. The van der Waals surface area contributed by atoms with Crippen LogP contribution in [0.25, 0.3) is 11.3 Å². The van der Waals surface area contributed by atoms with E-state index in [1.54, 1.807) is 7.05 Å². The van der Waals surface area contributed by atoms with E-state index in [4.69, 9.17) is 11.6 Å². The number of hydrogen-bond acceptors (Lipinski definition) is 2. The minimum absolute atomic E-state index is 0.307. The van der Waals surface area contributed by atoms with Crippen molar-refractivity contribution in [1.29, 1.82) is 0 Å². The van der Waals surface area contributed by atoms with E-state index in [1.165, 1.54) is 6.07 Å². The van der Waals surface area contributed by atoms with Crippen molar-refractivity contribution in [2.45, 2.75) is 6.54 Å². The van der Waals surface area contributed by atoms with Crippen LogP contribution in [0.2, 0.25) is 5.15 Å². The standard InChI is InChI=1S/C11H10ClF2N3/c1-15-5-9-16-10(11(12)17-9)6-2-3-7(13)8(14)4-6/h2-4,15H,5H2,1H3,(H,16,17). The van der Waals surface area contributed by atoms with Crippen LogP contribution in [0, 0.1) is 11.6 Å². The molecule has 0 spiro atoms. The third kappa shape index (κ3) is 2.45. The predicted octanol–water partition coefficient (Wildman–Crippen LogP) is 2.73. The first-order valence-electron chi connectivity index (χ1n) is 4.96. The molecule has 1 aromatic heterocycles. The maximum atomic E-state index is 13.1. The summed E-state index contributed by atoms with van der Waals surface area (Å²) in [7, 11) is 1.77. The number of halogens is 3. The first kappa shape index (κ1) is 12.0. The number of aromatic nitrogens is 2. The van der Waals surface area contributed by atoms with E-state index in [2.05, 4.69) is 15.3 Å². The topological polar surface area (TPSA) is 40.7 Å². The van der Waals surface area contributed by atoms with Crippen molar-refractivity contribution in [3.05, 3.63) is 40.8 Å². The van der Waals surface area contributed by atoms with Crippen molar-refractivity contribution < 1.29 is 8.78 Å². The summed E-state index contributed by atoms with van der Waals surface area (Å²) in [4.78, 5) is 7.06. The van der Waals surface area contributed by atoms with Crippen molar-refractivity contribution in [3.63, 3.8) is 0 Å². The van der Waals surface area contributed by atoms with Gasteiger partial charge in [-0.15, -0.1) is 0 Å². The lowest BCUT2D eigenvalue weighted by Gasteiger charge is -1.98. The number of nitrogens with one attached hydrogen (secondary N) is 2. The van der Waals surface area contributed by atoms with Crippen LogP contribution in [-0.4, -0.2) is 17.0 Å². The summed E-state index contributed by atoms with van der Waals surface area (Å²) in [6, 6.07) is 3.55. The molecular formula is C11H10ClF2N3. The lowest BCUT2D eigenvalue weighted by atomic mass is 10.1. The maximum absolute atomic E-state index is 13.1. The molecule has 1 aromatic carbocycles. The molecular weight excluding hydrogens is 248 g/mol. The van der Waals surface area contributed by atoms with Crippen molar-refractivity contribution in [2.75, 3.05) is 7.05 Å². The van der Waals surface area contributed by atoms with Gasteiger partial charge in [0.15, 0.2) is 11.6 Å². The fraction of sp³-hybridized carbons (Fsp3) is 0.182. The third-order valence-corrected chi connectivity index (χ3v) is 2.52. The highest BCUT2D eigenvalue weighted by atomic mass is 35.5. The highest BCUT2D eigenvalue weighted by molar-refractivity contribution is 6.31. The number of aromatic amines is 1. The van der Waals surface area contributed by atoms with Gasteiger partial charge in [-0.25, -0.2) is 13.8 Å². The van der Waals surface area contributed by atoms with Gasteiger partial charge in [0, 0.05) is 5.56 Å². The van der Waals surface area contributed by atoms with E-state index in [1.807, 2.05) is 0 Å². The van der Waals surface area contributed by atoms with Crippen molar-refractivity contribution >= 4 is 11.6 Å². The number of H-pyrrole nitrogens is 1. The molecule has 2 N–H and O–H groups in total. The van der Waals surface area contributed by atoms with Crippen molar-refractivity contribution in [3.8, 4) is 11.3 Å². The summed E-state index contributed by atoms with van der Waals surface area (Å²) < 4.78 is 25.9. The van der Waals surface area contributed by atoms with Crippen LogP contribution in [-0.2, 0) is 6.54 Å². The molecule has 0 unspecified atom stereocenters. The Balaban J connectivity index is 2.41. The molecule has 0 bridgehead atoms. The first-order chi connectivity index (χ1) is 8.11. The van der Waals surface area contributed by atoms with Gasteiger partial charge in [-0.3, -0.25) is 0 Å². The van der Waals surface area contributed by atoms with Crippen LogP contribution < -0.4 is 5.32 Å². The lowest BCUT2D eigenvalue weighted by Crippen LogP contribution is -2.06. The first-order valence-corrected chi connectivity index (χ1v) is 5.34. The van der Waals surface area contributed by atoms with Gasteiger partial charge in [-0.1, -0.05) is 11.6 Å². The fourth-order valence-corrected chi connectivity index (χ4v) is 1.74. The largest absolute Gasteiger partial charge is 0.331 e. The molecule has 90 valence electrons. The van der Waals surface area contributed by atoms with E-state index in [-0.39, 0.29) is 0 Å². The number of nitrogens with zero attached hydrogens (tertiary/aromatic N) is 1. The molecule has 0 saturated carbocycles. The third-order valence-electron chi connectivity index (χ3n) is 2.25. The Morgan fingerprint density at radius 3 is 2.76 bits per heavy atom. The summed E-state index contributed by atoms with van der Waals surface area (Å²) in [6.07, 6.45) is 0. The summed E-state index contributed by atoms with van der Waals surface area (Å²) >= 11 is 5.95. The second-order valence-corrected chi connectivity index (χ2v) is 3.88. The zero-order valence-corrected chi connectivity index (χ0v) is 9.78. The van der Waals surface area contributed by atoms with E-state index in [0.29, 0.717) is 28.8 Å². The number of imidazole rings is 1. The zero-order valence-electron chi connectivity index (χ0n) is 9.02. The second-order valence-electron chi connectivity index (χ2n) is 3.51. The number of hydrogen-bond donors (Lipinski definition) is 2. The van der Waals surface area contributed by atoms with Gasteiger partial charge in [0.25, 0.3) is 0 Å². The predicted molar refractivity (Wildman–Crippen MR) is 61.7 cm³/mol. The Labute approximate surface area is 102 Å². The van der Waals surface area contributed by atoms with Crippen LogP contribution in [0.3, 0.4) is 0 Å². The van der Waals surface area contributed by atoms with Gasteiger partial charge in [0.05, 0.1) is 6.54 Å². The number of benzene rings is 1. The SMILES string of the molecule is CNCc1nc(-c2ccc(F)c(F)c2)c(Cl)[nH]1. The average molecular weight is 258 g/mol.